The van der Waals surface area contributed by atoms with E-state index in [2.05, 4.69) is 33.6 Å². The first kappa shape index (κ1) is 23.4. The summed E-state index contributed by atoms with van der Waals surface area (Å²) in [6.07, 6.45) is 3.86. The number of aryl methyl sites for hydroxylation is 2. The number of amides is 1. The van der Waals surface area contributed by atoms with E-state index in [1.165, 1.54) is 5.56 Å². The van der Waals surface area contributed by atoms with Gasteiger partial charge in [0.1, 0.15) is 0 Å². The van der Waals surface area contributed by atoms with E-state index in [1.54, 1.807) is 4.68 Å². The first-order valence-corrected chi connectivity index (χ1v) is 8.68. The number of anilines is 1. The molecule has 27 heavy (non-hydrogen) atoms. The summed E-state index contributed by atoms with van der Waals surface area (Å²) < 4.78 is 1.79. The molecular formula is C19H29Cl2N5O. The fourth-order valence-corrected chi connectivity index (χ4v) is 3.48. The molecule has 6 nitrogen and oxygen atoms in total. The minimum Gasteiger partial charge on any atom is -0.325 e. The molecule has 0 radical (unpaired) electrons. The van der Waals surface area contributed by atoms with E-state index in [4.69, 9.17) is 0 Å². The van der Waals surface area contributed by atoms with Crippen molar-refractivity contribution in [3.63, 3.8) is 0 Å². The number of hydrogen-bond acceptors (Lipinski definition) is 4. The summed E-state index contributed by atoms with van der Waals surface area (Å²) >= 11 is 0. The van der Waals surface area contributed by atoms with Crippen molar-refractivity contribution in [3.8, 4) is 0 Å². The van der Waals surface area contributed by atoms with Gasteiger partial charge in [-0.3, -0.25) is 9.48 Å². The predicted octanol–water partition coefficient (Wildman–Crippen LogP) is 2.58. The molecule has 1 aliphatic rings. The molecule has 1 fully saturated rings. The standard InChI is InChI=1S/C19H27N5O.2ClH/c1-13-5-6-18(14(7-13)11-23(2)3)22-19(25)17-10-20-9-16(17)15-8-21-24(4)12-15;;/h5-8,12,16-17,20H,9-11H2,1-4H3,(H,22,25);2*1H/t16-,17+;;/m1../s1. The van der Waals surface area contributed by atoms with Gasteiger partial charge in [-0.15, -0.1) is 24.8 Å². The quantitative estimate of drug-likeness (QED) is 0.790. The van der Waals surface area contributed by atoms with Crippen molar-refractivity contribution in [2.45, 2.75) is 19.4 Å². The van der Waals surface area contributed by atoms with Crippen LogP contribution in [0.25, 0.3) is 0 Å². The van der Waals surface area contributed by atoms with Crippen molar-refractivity contribution >= 4 is 36.4 Å². The van der Waals surface area contributed by atoms with Crippen LogP contribution in [0.3, 0.4) is 0 Å². The Kier molecular flexibility index (Phi) is 8.75. The molecule has 1 aliphatic heterocycles. The van der Waals surface area contributed by atoms with Gasteiger partial charge in [0.25, 0.3) is 0 Å². The molecule has 0 spiro atoms. The van der Waals surface area contributed by atoms with Crippen molar-refractivity contribution < 1.29 is 4.79 Å². The second kappa shape index (κ2) is 10.1. The zero-order valence-electron chi connectivity index (χ0n) is 16.2. The Bertz CT molecular complexity index is 762. The van der Waals surface area contributed by atoms with E-state index in [0.717, 1.165) is 29.9 Å². The third-order valence-electron chi connectivity index (χ3n) is 4.71. The smallest absolute Gasteiger partial charge is 0.229 e. The average Bonchev–Trinajstić information content (AvgIpc) is 3.17. The largest absolute Gasteiger partial charge is 0.325 e. The monoisotopic (exact) mass is 413 g/mol. The average molecular weight is 414 g/mol. The van der Waals surface area contributed by atoms with Crippen molar-refractivity contribution in [2.24, 2.45) is 13.0 Å². The molecule has 0 bridgehead atoms. The Morgan fingerprint density at radius 3 is 2.70 bits per heavy atom. The maximum Gasteiger partial charge on any atom is 0.229 e. The van der Waals surface area contributed by atoms with Gasteiger partial charge in [-0.25, -0.2) is 0 Å². The van der Waals surface area contributed by atoms with Crippen LogP contribution in [0.5, 0.6) is 0 Å². The number of hydrogen-bond donors (Lipinski definition) is 2. The molecule has 2 heterocycles. The normalized spacial score (nSPS) is 18.7. The van der Waals surface area contributed by atoms with Crippen molar-refractivity contribution in [2.75, 3.05) is 32.5 Å². The minimum atomic E-state index is -0.0855. The molecular weight excluding hydrogens is 385 g/mol. The summed E-state index contributed by atoms with van der Waals surface area (Å²) in [5.74, 6) is 0.150. The van der Waals surface area contributed by atoms with Crippen LogP contribution < -0.4 is 10.6 Å². The highest BCUT2D eigenvalue weighted by Crippen LogP contribution is 2.29. The molecule has 0 aliphatic carbocycles. The predicted molar refractivity (Wildman–Crippen MR) is 114 cm³/mol. The molecule has 2 N–H and O–H groups in total. The molecule has 8 heteroatoms. The number of benzene rings is 1. The lowest BCUT2D eigenvalue weighted by atomic mass is 9.90. The van der Waals surface area contributed by atoms with E-state index >= 15 is 0 Å². The van der Waals surface area contributed by atoms with Crippen LogP contribution in [0, 0.1) is 12.8 Å². The number of nitrogens with one attached hydrogen (secondary N) is 2. The summed E-state index contributed by atoms with van der Waals surface area (Å²) in [7, 11) is 5.97. The number of aromatic nitrogens is 2. The van der Waals surface area contributed by atoms with Crippen LogP contribution in [-0.2, 0) is 18.4 Å². The van der Waals surface area contributed by atoms with Crippen LogP contribution in [-0.4, -0.2) is 47.8 Å². The molecule has 0 unspecified atom stereocenters. The Morgan fingerprint density at radius 1 is 1.33 bits per heavy atom. The Labute approximate surface area is 173 Å². The highest BCUT2D eigenvalue weighted by Gasteiger charge is 2.34. The van der Waals surface area contributed by atoms with Gasteiger partial charge >= 0.3 is 0 Å². The first-order valence-electron chi connectivity index (χ1n) is 8.68. The molecule has 3 rings (SSSR count). The number of carbonyl (C=O) groups excluding carboxylic acids is 1. The van der Waals surface area contributed by atoms with Crippen molar-refractivity contribution in [1.29, 1.82) is 0 Å². The lowest BCUT2D eigenvalue weighted by molar-refractivity contribution is -0.119. The number of nitrogens with zero attached hydrogens (tertiary/aromatic N) is 3. The second-order valence-corrected chi connectivity index (χ2v) is 7.21. The van der Waals surface area contributed by atoms with Crippen molar-refractivity contribution in [3.05, 3.63) is 47.3 Å². The molecule has 0 saturated carbocycles. The fourth-order valence-electron chi connectivity index (χ4n) is 3.48. The van der Waals surface area contributed by atoms with Gasteiger partial charge in [0.15, 0.2) is 0 Å². The number of halogens is 2. The van der Waals surface area contributed by atoms with Crippen LogP contribution in [0.1, 0.15) is 22.6 Å². The van der Waals surface area contributed by atoms with Gasteiger partial charge < -0.3 is 15.5 Å². The molecule has 150 valence electrons. The maximum absolute atomic E-state index is 12.9. The highest BCUT2D eigenvalue weighted by atomic mass is 35.5. The Balaban J connectivity index is 0.00000182. The van der Waals surface area contributed by atoms with Crippen molar-refractivity contribution in [1.82, 2.24) is 20.0 Å². The third-order valence-corrected chi connectivity index (χ3v) is 4.71. The summed E-state index contributed by atoms with van der Waals surface area (Å²) in [5, 5.41) is 10.8. The third kappa shape index (κ3) is 5.69. The molecule has 2 aromatic rings. The van der Waals surface area contributed by atoms with Crippen LogP contribution in [0.15, 0.2) is 30.6 Å². The molecule has 1 saturated heterocycles. The summed E-state index contributed by atoms with van der Waals surface area (Å²) in [5.41, 5.74) is 4.36. The van der Waals surface area contributed by atoms with E-state index < -0.39 is 0 Å². The van der Waals surface area contributed by atoms with E-state index in [0.29, 0.717) is 6.54 Å². The maximum atomic E-state index is 12.9. The molecule has 1 amide bonds. The molecule has 1 aromatic heterocycles. The molecule has 1 aromatic carbocycles. The van der Waals surface area contributed by atoms with E-state index in [-0.39, 0.29) is 42.6 Å². The zero-order chi connectivity index (χ0) is 18.0. The van der Waals surface area contributed by atoms with Gasteiger partial charge in [0, 0.05) is 44.5 Å². The molecule has 2 atom stereocenters. The first-order chi connectivity index (χ1) is 11.9. The summed E-state index contributed by atoms with van der Waals surface area (Å²) in [6.45, 7) is 4.37. The van der Waals surface area contributed by atoms with Gasteiger partial charge in [0.2, 0.25) is 5.91 Å². The topological polar surface area (TPSA) is 62.2 Å². The van der Waals surface area contributed by atoms with Gasteiger partial charge in [-0.2, -0.15) is 5.10 Å². The number of carbonyl (C=O) groups is 1. The van der Waals surface area contributed by atoms with Gasteiger partial charge in [-0.05, 0) is 38.2 Å². The summed E-state index contributed by atoms with van der Waals surface area (Å²) in [4.78, 5) is 15.0. The van der Waals surface area contributed by atoms with Crippen LogP contribution in [0.2, 0.25) is 0 Å². The highest BCUT2D eigenvalue weighted by molar-refractivity contribution is 5.94. The zero-order valence-corrected chi connectivity index (χ0v) is 17.9. The van der Waals surface area contributed by atoms with Gasteiger partial charge in [-0.1, -0.05) is 17.7 Å². The summed E-state index contributed by atoms with van der Waals surface area (Å²) in [6, 6.07) is 6.19. The SMILES string of the molecule is Cc1ccc(NC(=O)[C@H]2CNC[C@@H]2c2cnn(C)c2)c(CN(C)C)c1.Cl.Cl. The Morgan fingerprint density at radius 2 is 2.07 bits per heavy atom. The van der Waals surface area contributed by atoms with E-state index in [9.17, 15) is 4.79 Å². The number of rotatable bonds is 5. The second-order valence-electron chi connectivity index (χ2n) is 7.21. The van der Waals surface area contributed by atoms with Crippen LogP contribution >= 0.6 is 24.8 Å². The Hall–Kier alpha value is -1.60. The fraction of sp³-hybridized carbons (Fsp3) is 0.474. The van der Waals surface area contributed by atoms with Crippen LogP contribution in [0.4, 0.5) is 5.69 Å². The van der Waals surface area contributed by atoms with Gasteiger partial charge in [0.05, 0.1) is 12.1 Å². The lowest BCUT2D eigenvalue weighted by Crippen LogP contribution is -2.28. The lowest BCUT2D eigenvalue weighted by Gasteiger charge is -2.20. The minimum absolute atomic E-state index is 0. The van der Waals surface area contributed by atoms with E-state index in [1.807, 2.05) is 45.7 Å².